The molecule has 1 aliphatic heterocycles. The van der Waals surface area contributed by atoms with Gasteiger partial charge in [-0.25, -0.2) is 20.1 Å². The average molecular weight is 452 g/mol. The first-order valence-corrected chi connectivity index (χ1v) is 10.6. The van der Waals surface area contributed by atoms with Gasteiger partial charge in [0.15, 0.2) is 23.2 Å². The molecule has 0 aromatic carbocycles. The molecule has 0 spiro atoms. The summed E-state index contributed by atoms with van der Waals surface area (Å²) in [4.78, 5) is 21.1. The van der Waals surface area contributed by atoms with Crippen molar-refractivity contribution in [2.45, 2.75) is 38.0 Å². The Morgan fingerprint density at radius 3 is 2.71 bits per heavy atom. The molecule has 1 saturated heterocycles. The molecule has 0 aliphatic carbocycles. The highest BCUT2D eigenvalue weighted by atomic mass is 32.2. The molecule has 1 fully saturated rings. The molecule has 5 N–H and O–H groups in total. The Morgan fingerprint density at radius 2 is 2.00 bits per heavy atom. The highest BCUT2D eigenvalue weighted by Crippen LogP contribution is 2.32. The number of aliphatic hydroxyl groups excluding tert-OH is 2. The van der Waals surface area contributed by atoms with Crippen LogP contribution >= 0.6 is 0 Å². The molecule has 14 nitrogen and oxygen atoms in total. The fraction of sp³-hybridized carbons (Fsp3) is 0.438. The minimum Gasteiger partial charge on any atom is -0.387 e. The first kappa shape index (κ1) is 21.4. The summed E-state index contributed by atoms with van der Waals surface area (Å²) in [6.45, 7) is 1.63. The molecule has 0 bridgehead atoms. The topological polar surface area (TPSA) is 200 Å². The van der Waals surface area contributed by atoms with Crippen LogP contribution in [0.3, 0.4) is 0 Å². The number of nitrogens with one attached hydrogen (secondary N) is 1. The summed E-state index contributed by atoms with van der Waals surface area (Å²) in [5.74, 6) is 0.424. The number of aromatic nitrogens is 6. The van der Waals surface area contributed by atoms with Crippen LogP contribution in [-0.4, -0.2) is 73.0 Å². The van der Waals surface area contributed by atoms with Gasteiger partial charge in [0.05, 0.1) is 37.1 Å². The maximum absolute atomic E-state index is 11.0. The van der Waals surface area contributed by atoms with Crippen LogP contribution in [0.1, 0.15) is 17.6 Å². The first-order valence-electron chi connectivity index (χ1n) is 9.10. The molecule has 3 aromatic rings. The molecular formula is C16H20N8O6S. The number of hydrogen-bond acceptors (Lipinski definition) is 12. The lowest BCUT2D eigenvalue weighted by Crippen LogP contribution is -2.35. The van der Waals surface area contributed by atoms with Gasteiger partial charge in [0.1, 0.15) is 24.6 Å². The van der Waals surface area contributed by atoms with Crippen molar-refractivity contribution in [2.24, 2.45) is 5.14 Å². The van der Waals surface area contributed by atoms with Gasteiger partial charge < -0.3 is 20.3 Å². The number of anilines is 1. The van der Waals surface area contributed by atoms with Crippen molar-refractivity contribution >= 4 is 27.3 Å². The lowest BCUT2D eigenvalue weighted by Gasteiger charge is -2.16. The van der Waals surface area contributed by atoms with E-state index in [-0.39, 0.29) is 0 Å². The smallest absolute Gasteiger partial charge is 0.333 e. The monoisotopic (exact) mass is 452 g/mol. The maximum atomic E-state index is 11.0. The number of aliphatic hydroxyl groups is 2. The molecule has 4 heterocycles. The number of nitrogens with two attached hydrogens (primary N) is 1. The Kier molecular flexibility index (Phi) is 5.78. The van der Waals surface area contributed by atoms with Crippen molar-refractivity contribution < 1.29 is 27.6 Å². The third-order valence-corrected chi connectivity index (χ3v) is 5.10. The zero-order valence-corrected chi connectivity index (χ0v) is 17.0. The van der Waals surface area contributed by atoms with Crippen LogP contribution in [-0.2, 0) is 25.8 Å². The van der Waals surface area contributed by atoms with Crippen molar-refractivity contribution in [1.82, 2.24) is 29.5 Å². The second-order valence-electron chi connectivity index (χ2n) is 6.87. The SMILES string of the molecule is Cc1cnc(CNc2ncnc3c2ncn3[C@@H]2O[C@H](COS(N)(=O)=O)[C@@H](O)[C@H]2O)cn1. The molecule has 15 heteroatoms. The minimum atomic E-state index is -4.23. The van der Waals surface area contributed by atoms with E-state index >= 15 is 0 Å². The zero-order chi connectivity index (χ0) is 22.2. The third-order valence-electron chi connectivity index (χ3n) is 4.64. The van der Waals surface area contributed by atoms with Gasteiger partial charge in [-0.1, -0.05) is 0 Å². The molecule has 0 radical (unpaired) electrons. The van der Waals surface area contributed by atoms with E-state index < -0.39 is 41.5 Å². The van der Waals surface area contributed by atoms with Crippen molar-refractivity contribution in [3.05, 3.63) is 36.4 Å². The Morgan fingerprint density at radius 1 is 1.19 bits per heavy atom. The van der Waals surface area contributed by atoms with Gasteiger partial charge in [-0.05, 0) is 6.92 Å². The number of fused-ring (bicyclic) bond motifs is 1. The number of ether oxygens (including phenoxy) is 1. The van der Waals surface area contributed by atoms with Gasteiger partial charge >= 0.3 is 10.3 Å². The third kappa shape index (κ3) is 4.60. The molecule has 166 valence electrons. The fourth-order valence-corrected chi connectivity index (χ4v) is 3.43. The molecule has 3 aromatic heterocycles. The number of imidazole rings is 1. The first-order chi connectivity index (χ1) is 14.7. The predicted molar refractivity (Wildman–Crippen MR) is 104 cm³/mol. The Hall–Kier alpha value is -2.82. The van der Waals surface area contributed by atoms with Gasteiger partial charge in [-0.3, -0.25) is 18.7 Å². The van der Waals surface area contributed by atoms with Crippen molar-refractivity contribution in [2.75, 3.05) is 11.9 Å². The van der Waals surface area contributed by atoms with Crippen LogP contribution in [0, 0.1) is 6.92 Å². The van der Waals surface area contributed by atoms with E-state index in [4.69, 9.17) is 9.88 Å². The molecule has 0 amide bonds. The average Bonchev–Trinajstić information content (AvgIpc) is 3.27. The van der Waals surface area contributed by atoms with Crippen molar-refractivity contribution in [3.63, 3.8) is 0 Å². The van der Waals surface area contributed by atoms with Crippen LogP contribution in [0.15, 0.2) is 25.0 Å². The molecule has 31 heavy (non-hydrogen) atoms. The molecular weight excluding hydrogens is 432 g/mol. The number of aryl methyl sites for hydroxylation is 1. The standard InChI is InChI=1S/C16H20N8O6S/c1-8-2-19-9(3-18-8)4-20-14-11-15(22-6-21-14)24(7-23-11)16-13(26)12(25)10(30-16)5-29-31(17,27)28/h2-3,6-7,10,12-13,16,25-26H,4-5H2,1H3,(H2,17,27,28)(H,20,21,22)/t10-,12-,13-,16-/m1/s1. The quantitative estimate of drug-likeness (QED) is 0.319. The highest BCUT2D eigenvalue weighted by Gasteiger charge is 2.45. The van der Waals surface area contributed by atoms with E-state index in [1.807, 2.05) is 6.92 Å². The molecule has 1 aliphatic rings. The van der Waals surface area contributed by atoms with Crippen molar-refractivity contribution in [1.29, 1.82) is 0 Å². The highest BCUT2D eigenvalue weighted by molar-refractivity contribution is 7.84. The summed E-state index contributed by atoms with van der Waals surface area (Å²) >= 11 is 0. The lowest BCUT2D eigenvalue weighted by molar-refractivity contribution is -0.0467. The Bertz CT molecular complexity index is 1170. The summed E-state index contributed by atoms with van der Waals surface area (Å²) in [5, 5.41) is 28.5. The minimum absolute atomic E-state index is 0.330. The molecule has 0 unspecified atom stereocenters. The predicted octanol–water partition coefficient (Wildman–Crippen LogP) is -1.62. The second-order valence-corrected chi connectivity index (χ2v) is 8.09. The Balaban J connectivity index is 1.54. The van der Waals surface area contributed by atoms with E-state index in [0.29, 0.717) is 29.2 Å². The Labute approximate surface area is 176 Å². The summed E-state index contributed by atoms with van der Waals surface area (Å²) in [6, 6.07) is 0. The number of rotatable bonds is 7. The van der Waals surface area contributed by atoms with E-state index in [2.05, 4.69) is 34.4 Å². The van der Waals surface area contributed by atoms with Gasteiger partial charge in [-0.15, -0.1) is 0 Å². The van der Waals surface area contributed by atoms with E-state index in [1.54, 1.807) is 12.4 Å². The van der Waals surface area contributed by atoms with Gasteiger partial charge in [0.25, 0.3) is 0 Å². The van der Waals surface area contributed by atoms with Crippen LogP contribution in [0.4, 0.5) is 5.82 Å². The maximum Gasteiger partial charge on any atom is 0.333 e. The second kappa shape index (κ2) is 8.37. The molecule has 4 atom stereocenters. The summed E-state index contributed by atoms with van der Waals surface area (Å²) in [7, 11) is -4.23. The van der Waals surface area contributed by atoms with Crippen LogP contribution < -0.4 is 10.5 Å². The normalized spacial score (nSPS) is 24.0. The fourth-order valence-electron chi connectivity index (χ4n) is 3.11. The summed E-state index contributed by atoms with van der Waals surface area (Å²) < 4.78 is 33.5. The number of nitrogens with zero attached hydrogens (tertiary/aromatic N) is 6. The van der Waals surface area contributed by atoms with E-state index in [0.717, 1.165) is 5.69 Å². The van der Waals surface area contributed by atoms with E-state index in [9.17, 15) is 18.6 Å². The van der Waals surface area contributed by atoms with Crippen LogP contribution in [0.2, 0.25) is 0 Å². The van der Waals surface area contributed by atoms with Gasteiger partial charge in [-0.2, -0.15) is 8.42 Å². The van der Waals surface area contributed by atoms with Gasteiger partial charge in [0, 0.05) is 6.20 Å². The number of hydrogen-bond donors (Lipinski definition) is 4. The lowest BCUT2D eigenvalue weighted by atomic mass is 10.1. The van der Waals surface area contributed by atoms with Gasteiger partial charge in [0.2, 0.25) is 0 Å². The van der Waals surface area contributed by atoms with Crippen molar-refractivity contribution in [3.8, 4) is 0 Å². The zero-order valence-electron chi connectivity index (χ0n) is 16.2. The summed E-state index contributed by atoms with van der Waals surface area (Å²) in [6.07, 6.45) is 0.969. The largest absolute Gasteiger partial charge is 0.387 e. The van der Waals surface area contributed by atoms with Crippen LogP contribution in [0.25, 0.3) is 11.2 Å². The molecule has 4 rings (SSSR count). The molecule has 0 saturated carbocycles. The summed E-state index contributed by atoms with van der Waals surface area (Å²) in [5.41, 5.74) is 2.23. The van der Waals surface area contributed by atoms with E-state index in [1.165, 1.54) is 17.2 Å². The van der Waals surface area contributed by atoms with Crippen LogP contribution in [0.5, 0.6) is 0 Å².